The Bertz CT molecular complexity index is 431. The molecule has 0 bridgehead atoms. The second kappa shape index (κ2) is 6.14. The van der Waals surface area contributed by atoms with Gasteiger partial charge in [-0.25, -0.2) is 0 Å². The quantitative estimate of drug-likeness (QED) is 0.816. The van der Waals surface area contributed by atoms with Crippen molar-refractivity contribution in [2.75, 3.05) is 6.54 Å². The SMILES string of the molecule is CC(C)c1nc(CNCC2CCCC2C(=O)O)no1. The third-order valence-electron chi connectivity index (χ3n) is 3.64. The molecule has 0 radical (unpaired) electrons. The van der Waals surface area contributed by atoms with Crippen molar-refractivity contribution in [3.05, 3.63) is 11.7 Å². The summed E-state index contributed by atoms with van der Waals surface area (Å²) in [5.74, 6) is 0.839. The minimum absolute atomic E-state index is 0.205. The van der Waals surface area contributed by atoms with Crippen LogP contribution in [0, 0.1) is 11.8 Å². The molecular formula is C13H21N3O3. The molecule has 6 nitrogen and oxygen atoms in total. The van der Waals surface area contributed by atoms with Gasteiger partial charge in [-0.1, -0.05) is 25.4 Å². The summed E-state index contributed by atoms with van der Waals surface area (Å²) < 4.78 is 5.11. The molecule has 1 aliphatic rings. The Balaban J connectivity index is 1.78. The predicted octanol–water partition coefficient (Wildman–Crippen LogP) is 1.78. The topological polar surface area (TPSA) is 88.2 Å². The van der Waals surface area contributed by atoms with E-state index in [1.54, 1.807) is 0 Å². The highest BCUT2D eigenvalue weighted by Crippen LogP contribution is 2.31. The summed E-state index contributed by atoms with van der Waals surface area (Å²) in [5, 5.41) is 16.2. The maximum absolute atomic E-state index is 11.1. The Morgan fingerprint density at radius 3 is 2.95 bits per heavy atom. The number of carboxylic acids is 1. The van der Waals surface area contributed by atoms with Gasteiger partial charge in [-0.15, -0.1) is 0 Å². The molecular weight excluding hydrogens is 246 g/mol. The lowest BCUT2D eigenvalue weighted by Gasteiger charge is -2.15. The van der Waals surface area contributed by atoms with E-state index in [2.05, 4.69) is 15.5 Å². The summed E-state index contributed by atoms with van der Waals surface area (Å²) in [6.07, 6.45) is 2.78. The number of aliphatic carboxylic acids is 1. The molecule has 1 aliphatic carbocycles. The third kappa shape index (κ3) is 3.53. The zero-order valence-corrected chi connectivity index (χ0v) is 11.4. The molecule has 2 N–H and O–H groups in total. The van der Waals surface area contributed by atoms with E-state index in [0.717, 1.165) is 19.3 Å². The molecule has 2 atom stereocenters. The number of carbonyl (C=O) groups is 1. The van der Waals surface area contributed by atoms with Crippen LogP contribution in [0.1, 0.15) is 50.7 Å². The second-order valence-electron chi connectivity index (χ2n) is 5.47. The minimum atomic E-state index is -0.675. The summed E-state index contributed by atoms with van der Waals surface area (Å²) in [6.45, 7) is 5.23. The zero-order valence-electron chi connectivity index (χ0n) is 11.4. The van der Waals surface area contributed by atoms with Crippen LogP contribution >= 0.6 is 0 Å². The van der Waals surface area contributed by atoms with Gasteiger partial charge in [0.15, 0.2) is 5.82 Å². The number of aromatic nitrogens is 2. The van der Waals surface area contributed by atoms with Gasteiger partial charge in [0.1, 0.15) is 0 Å². The van der Waals surface area contributed by atoms with E-state index in [1.165, 1.54) is 0 Å². The van der Waals surface area contributed by atoms with Crippen LogP contribution in [0.4, 0.5) is 0 Å². The van der Waals surface area contributed by atoms with Crippen molar-refractivity contribution in [3.63, 3.8) is 0 Å². The average Bonchev–Trinajstić information content (AvgIpc) is 2.97. The van der Waals surface area contributed by atoms with Crippen molar-refractivity contribution in [3.8, 4) is 0 Å². The van der Waals surface area contributed by atoms with Crippen LogP contribution in [0.15, 0.2) is 4.52 Å². The van der Waals surface area contributed by atoms with Gasteiger partial charge < -0.3 is 14.9 Å². The van der Waals surface area contributed by atoms with Crippen molar-refractivity contribution < 1.29 is 14.4 Å². The van der Waals surface area contributed by atoms with Crippen molar-refractivity contribution in [1.82, 2.24) is 15.5 Å². The van der Waals surface area contributed by atoms with Crippen LogP contribution in [0.3, 0.4) is 0 Å². The van der Waals surface area contributed by atoms with Crippen LogP contribution in [-0.2, 0) is 11.3 Å². The number of hydrogen-bond donors (Lipinski definition) is 2. The molecule has 1 fully saturated rings. The van der Waals surface area contributed by atoms with Gasteiger partial charge in [-0.2, -0.15) is 4.98 Å². The summed E-state index contributed by atoms with van der Waals surface area (Å²) in [4.78, 5) is 15.3. The second-order valence-corrected chi connectivity index (χ2v) is 5.47. The third-order valence-corrected chi connectivity index (χ3v) is 3.64. The maximum atomic E-state index is 11.1. The molecule has 106 valence electrons. The lowest BCUT2D eigenvalue weighted by Crippen LogP contribution is -2.29. The van der Waals surface area contributed by atoms with Gasteiger partial charge in [-0.3, -0.25) is 4.79 Å². The zero-order chi connectivity index (χ0) is 13.8. The molecule has 0 spiro atoms. The smallest absolute Gasteiger partial charge is 0.306 e. The number of carboxylic acid groups (broad SMARTS) is 1. The highest BCUT2D eigenvalue weighted by atomic mass is 16.5. The van der Waals surface area contributed by atoms with Crippen molar-refractivity contribution in [2.24, 2.45) is 11.8 Å². The average molecular weight is 267 g/mol. The first-order chi connectivity index (χ1) is 9.08. The standard InChI is InChI=1S/C13H21N3O3/c1-8(2)12-15-11(16-19-12)7-14-6-9-4-3-5-10(9)13(17)18/h8-10,14H,3-7H2,1-2H3,(H,17,18). The summed E-state index contributed by atoms with van der Waals surface area (Å²) >= 11 is 0. The maximum Gasteiger partial charge on any atom is 0.306 e. The number of rotatable bonds is 6. The Kier molecular flexibility index (Phi) is 4.52. The fourth-order valence-corrected chi connectivity index (χ4v) is 2.55. The fourth-order valence-electron chi connectivity index (χ4n) is 2.55. The van der Waals surface area contributed by atoms with Gasteiger partial charge in [0, 0.05) is 5.92 Å². The van der Waals surface area contributed by atoms with Gasteiger partial charge in [0.25, 0.3) is 0 Å². The van der Waals surface area contributed by atoms with Gasteiger partial charge >= 0.3 is 5.97 Å². The molecule has 1 heterocycles. The van der Waals surface area contributed by atoms with E-state index in [9.17, 15) is 4.79 Å². The summed E-state index contributed by atoms with van der Waals surface area (Å²) in [6, 6.07) is 0. The van der Waals surface area contributed by atoms with Gasteiger partial charge in [-0.05, 0) is 25.3 Å². The molecule has 0 amide bonds. The van der Waals surface area contributed by atoms with Crippen LogP contribution in [0.5, 0.6) is 0 Å². The molecule has 0 aromatic carbocycles. The molecule has 19 heavy (non-hydrogen) atoms. The largest absolute Gasteiger partial charge is 0.481 e. The van der Waals surface area contributed by atoms with Crippen molar-refractivity contribution in [2.45, 2.75) is 45.6 Å². The van der Waals surface area contributed by atoms with Crippen LogP contribution in [0.25, 0.3) is 0 Å². The minimum Gasteiger partial charge on any atom is -0.481 e. The number of nitrogens with zero attached hydrogens (tertiary/aromatic N) is 2. The summed E-state index contributed by atoms with van der Waals surface area (Å²) in [7, 11) is 0. The highest BCUT2D eigenvalue weighted by molar-refractivity contribution is 5.70. The number of hydrogen-bond acceptors (Lipinski definition) is 5. The van der Waals surface area contributed by atoms with E-state index in [-0.39, 0.29) is 17.8 Å². The lowest BCUT2D eigenvalue weighted by molar-refractivity contribution is -0.142. The van der Waals surface area contributed by atoms with E-state index >= 15 is 0 Å². The normalized spacial score (nSPS) is 23.1. The van der Waals surface area contributed by atoms with Crippen LogP contribution in [0.2, 0.25) is 0 Å². The molecule has 6 heteroatoms. The van der Waals surface area contributed by atoms with E-state index in [1.807, 2.05) is 13.8 Å². The summed E-state index contributed by atoms with van der Waals surface area (Å²) in [5.41, 5.74) is 0. The van der Waals surface area contributed by atoms with Crippen LogP contribution in [-0.4, -0.2) is 27.8 Å². The first kappa shape index (κ1) is 14.0. The Labute approximate surface area is 112 Å². The predicted molar refractivity (Wildman–Crippen MR) is 68.6 cm³/mol. The Morgan fingerprint density at radius 2 is 2.32 bits per heavy atom. The Hall–Kier alpha value is -1.43. The molecule has 2 rings (SSSR count). The monoisotopic (exact) mass is 267 g/mol. The van der Waals surface area contributed by atoms with E-state index in [0.29, 0.717) is 24.8 Å². The van der Waals surface area contributed by atoms with E-state index in [4.69, 9.17) is 9.63 Å². The van der Waals surface area contributed by atoms with Crippen LogP contribution < -0.4 is 5.32 Å². The molecule has 1 aromatic rings. The lowest BCUT2D eigenvalue weighted by atomic mass is 9.96. The van der Waals surface area contributed by atoms with Gasteiger partial charge in [0.2, 0.25) is 5.89 Å². The molecule has 1 saturated carbocycles. The fraction of sp³-hybridized carbons (Fsp3) is 0.769. The van der Waals surface area contributed by atoms with Gasteiger partial charge in [0.05, 0.1) is 12.5 Å². The molecule has 1 aromatic heterocycles. The van der Waals surface area contributed by atoms with Crippen molar-refractivity contribution in [1.29, 1.82) is 0 Å². The molecule has 2 unspecified atom stereocenters. The molecule has 0 aliphatic heterocycles. The Morgan fingerprint density at radius 1 is 1.53 bits per heavy atom. The van der Waals surface area contributed by atoms with Crippen molar-refractivity contribution >= 4 is 5.97 Å². The highest BCUT2D eigenvalue weighted by Gasteiger charge is 2.32. The van der Waals surface area contributed by atoms with E-state index < -0.39 is 5.97 Å². The first-order valence-corrected chi connectivity index (χ1v) is 6.84. The first-order valence-electron chi connectivity index (χ1n) is 6.84. The molecule has 0 saturated heterocycles. The number of nitrogens with one attached hydrogen (secondary N) is 1.